The summed E-state index contributed by atoms with van der Waals surface area (Å²) in [6.45, 7) is 1.62. The Morgan fingerprint density at radius 1 is 1.14 bits per heavy atom. The molecule has 4 rings (SSSR count). The van der Waals surface area contributed by atoms with Crippen molar-refractivity contribution < 1.29 is 22.7 Å². The number of sulfonamides is 1. The molecule has 2 aliphatic heterocycles. The number of hydrogen-bond acceptors (Lipinski definition) is 6. The third kappa shape index (κ3) is 3.69. The van der Waals surface area contributed by atoms with E-state index in [0.717, 1.165) is 21.9 Å². The van der Waals surface area contributed by atoms with Gasteiger partial charge in [-0.25, -0.2) is 13.1 Å². The standard InChI is InChI=1S/C19H20N2O5S2/c1-20-28(23,24)15-3-4-16-13(10-15)6-7-21(16)19(22)12-27-14-2-5-17-18(11-14)26-9-8-25-17/h2-5,10-11,20H,6-9,12H2,1H3. The van der Waals surface area contributed by atoms with E-state index in [0.29, 0.717) is 31.9 Å². The molecule has 0 saturated carbocycles. The Labute approximate surface area is 168 Å². The minimum atomic E-state index is -3.49. The molecule has 7 nitrogen and oxygen atoms in total. The summed E-state index contributed by atoms with van der Waals surface area (Å²) in [6.07, 6.45) is 0.642. The van der Waals surface area contributed by atoms with Crippen LogP contribution < -0.4 is 19.1 Å². The third-order valence-electron chi connectivity index (χ3n) is 4.70. The van der Waals surface area contributed by atoms with Gasteiger partial charge in [-0.15, -0.1) is 11.8 Å². The molecule has 2 heterocycles. The maximum absolute atomic E-state index is 12.7. The molecule has 2 aliphatic rings. The first-order valence-electron chi connectivity index (χ1n) is 8.87. The number of carbonyl (C=O) groups excluding carboxylic acids is 1. The first-order chi connectivity index (χ1) is 13.5. The number of ether oxygens (including phenoxy) is 2. The molecule has 0 saturated heterocycles. The Morgan fingerprint density at radius 3 is 2.71 bits per heavy atom. The number of anilines is 1. The SMILES string of the molecule is CNS(=O)(=O)c1ccc2c(c1)CCN2C(=O)CSc1ccc2c(c1)OCCO2. The number of nitrogens with one attached hydrogen (secondary N) is 1. The van der Waals surface area contributed by atoms with Gasteiger partial charge in [-0.1, -0.05) is 0 Å². The molecule has 0 radical (unpaired) electrons. The van der Waals surface area contributed by atoms with Crippen LogP contribution in [0.5, 0.6) is 11.5 Å². The molecule has 0 aromatic heterocycles. The lowest BCUT2D eigenvalue weighted by molar-refractivity contribution is -0.116. The van der Waals surface area contributed by atoms with Gasteiger partial charge in [-0.3, -0.25) is 4.79 Å². The van der Waals surface area contributed by atoms with Gasteiger partial charge >= 0.3 is 0 Å². The molecule has 1 N–H and O–H groups in total. The lowest BCUT2D eigenvalue weighted by atomic mass is 10.2. The monoisotopic (exact) mass is 420 g/mol. The number of nitrogens with zero attached hydrogens (tertiary/aromatic N) is 1. The Balaban J connectivity index is 1.44. The van der Waals surface area contributed by atoms with Crippen molar-refractivity contribution in [3.8, 4) is 11.5 Å². The number of fused-ring (bicyclic) bond motifs is 2. The zero-order valence-electron chi connectivity index (χ0n) is 15.3. The summed E-state index contributed by atoms with van der Waals surface area (Å²) < 4.78 is 37.3. The lowest BCUT2D eigenvalue weighted by Gasteiger charge is -2.19. The molecule has 0 bridgehead atoms. The average Bonchev–Trinajstić information content (AvgIpc) is 3.15. The maximum Gasteiger partial charge on any atom is 0.240 e. The minimum absolute atomic E-state index is 0.0112. The zero-order valence-corrected chi connectivity index (χ0v) is 16.9. The molecule has 0 aliphatic carbocycles. The van der Waals surface area contributed by atoms with E-state index in [1.807, 2.05) is 18.2 Å². The van der Waals surface area contributed by atoms with Crippen molar-refractivity contribution >= 4 is 33.4 Å². The highest BCUT2D eigenvalue weighted by Crippen LogP contribution is 2.35. The quantitative estimate of drug-likeness (QED) is 0.746. The van der Waals surface area contributed by atoms with Crippen LogP contribution in [0.3, 0.4) is 0 Å². The van der Waals surface area contributed by atoms with E-state index >= 15 is 0 Å². The van der Waals surface area contributed by atoms with E-state index in [2.05, 4.69) is 4.72 Å². The fourth-order valence-electron chi connectivity index (χ4n) is 3.26. The summed E-state index contributed by atoms with van der Waals surface area (Å²) in [5.74, 6) is 1.70. The van der Waals surface area contributed by atoms with Crippen molar-refractivity contribution in [1.82, 2.24) is 4.72 Å². The second kappa shape index (κ2) is 7.65. The van der Waals surface area contributed by atoms with Crippen LogP contribution in [0.15, 0.2) is 46.2 Å². The first kappa shape index (κ1) is 19.1. The predicted octanol–water partition coefficient (Wildman–Crippen LogP) is 2.05. The average molecular weight is 421 g/mol. The van der Waals surface area contributed by atoms with Gasteiger partial charge in [0, 0.05) is 17.1 Å². The normalized spacial score (nSPS) is 15.4. The van der Waals surface area contributed by atoms with E-state index in [-0.39, 0.29) is 16.6 Å². The number of benzene rings is 2. The fraction of sp³-hybridized carbons (Fsp3) is 0.316. The van der Waals surface area contributed by atoms with Crippen LogP contribution in [-0.4, -0.2) is 46.9 Å². The number of hydrogen-bond donors (Lipinski definition) is 1. The highest BCUT2D eigenvalue weighted by Gasteiger charge is 2.26. The summed E-state index contributed by atoms with van der Waals surface area (Å²) in [5.41, 5.74) is 1.65. The molecule has 9 heteroatoms. The number of amides is 1. The van der Waals surface area contributed by atoms with Crippen molar-refractivity contribution in [2.24, 2.45) is 0 Å². The molecular weight excluding hydrogens is 400 g/mol. The van der Waals surface area contributed by atoms with Crippen LogP contribution >= 0.6 is 11.8 Å². The second-order valence-electron chi connectivity index (χ2n) is 6.39. The Morgan fingerprint density at radius 2 is 1.93 bits per heavy atom. The number of carbonyl (C=O) groups is 1. The molecule has 28 heavy (non-hydrogen) atoms. The van der Waals surface area contributed by atoms with E-state index in [4.69, 9.17) is 9.47 Å². The Kier molecular flexibility index (Phi) is 5.22. The van der Waals surface area contributed by atoms with Gasteiger partial charge < -0.3 is 14.4 Å². The largest absolute Gasteiger partial charge is 0.486 e. The highest BCUT2D eigenvalue weighted by molar-refractivity contribution is 8.00. The van der Waals surface area contributed by atoms with Gasteiger partial charge in [0.15, 0.2) is 11.5 Å². The molecule has 1 amide bonds. The molecule has 2 aromatic carbocycles. The lowest BCUT2D eigenvalue weighted by Crippen LogP contribution is -2.30. The van der Waals surface area contributed by atoms with Crippen molar-refractivity contribution in [1.29, 1.82) is 0 Å². The predicted molar refractivity (Wildman–Crippen MR) is 107 cm³/mol. The highest BCUT2D eigenvalue weighted by atomic mass is 32.2. The van der Waals surface area contributed by atoms with E-state index in [9.17, 15) is 13.2 Å². The second-order valence-corrected chi connectivity index (χ2v) is 9.32. The summed E-state index contributed by atoms with van der Waals surface area (Å²) >= 11 is 1.44. The van der Waals surface area contributed by atoms with Gasteiger partial charge in [0.1, 0.15) is 13.2 Å². The van der Waals surface area contributed by atoms with Gasteiger partial charge in [-0.05, 0) is 55.4 Å². The number of rotatable bonds is 5. The van der Waals surface area contributed by atoms with E-state index in [1.54, 1.807) is 17.0 Å². The van der Waals surface area contributed by atoms with Crippen LogP contribution in [0.2, 0.25) is 0 Å². The molecule has 0 fully saturated rings. The topological polar surface area (TPSA) is 84.9 Å². The van der Waals surface area contributed by atoms with E-state index in [1.165, 1.54) is 24.9 Å². The van der Waals surface area contributed by atoms with Crippen molar-refractivity contribution in [3.63, 3.8) is 0 Å². The van der Waals surface area contributed by atoms with Gasteiger partial charge in [-0.2, -0.15) is 0 Å². The summed E-state index contributed by atoms with van der Waals surface area (Å²) in [4.78, 5) is 15.6. The maximum atomic E-state index is 12.7. The Hall–Kier alpha value is -2.23. The molecule has 0 atom stereocenters. The van der Waals surface area contributed by atoms with Gasteiger partial charge in [0.05, 0.1) is 10.6 Å². The Bertz CT molecular complexity index is 1020. The molecule has 0 spiro atoms. The molecular formula is C19H20N2O5S2. The van der Waals surface area contributed by atoms with Crippen LogP contribution in [0, 0.1) is 0 Å². The molecule has 148 valence electrons. The van der Waals surface area contributed by atoms with Crippen LogP contribution in [0.1, 0.15) is 5.56 Å². The van der Waals surface area contributed by atoms with Crippen LogP contribution in [0.25, 0.3) is 0 Å². The van der Waals surface area contributed by atoms with Crippen molar-refractivity contribution in [2.45, 2.75) is 16.2 Å². The van der Waals surface area contributed by atoms with E-state index < -0.39 is 10.0 Å². The smallest absolute Gasteiger partial charge is 0.240 e. The van der Waals surface area contributed by atoms with Crippen LogP contribution in [-0.2, 0) is 21.2 Å². The van der Waals surface area contributed by atoms with Crippen LogP contribution in [0.4, 0.5) is 5.69 Å². The van der Waals surface area contributed by atoms with Gasteiger partial charge in [0.2, 0.25) is 15.9 Å². The zero-order chi connectivity index (χ0) is 19.7. The van der Waals surface area contributed by atoms with Crippen molar-refractivity contribution in [2.75, 3.05) is 37.5 Å². The third-order valence-corrected chi connectivity index (χ3v) is 7.09. The fourth-order valence-corrected chi connectivity index (χ4v) is 4.84. The summed E-state index contributed by atoms with van der Waals surface area (Å²) in [6, 6.07) is 10.5. The van der Waals surface area contributed by atoms with Gasteiger partial charge in [0.25, 0.3) is 0 Å². The number of thioether (sulfide) groups is 1. The summed E-state index contributed by atoms with van der Waals surface area (Å²) in [5, 5.41) is 0. The first-order valence-corrected chi connectivity index (χ1v) is 11.3. The molecule has 2 aromatic rings. The minimum Gasteiger partial charge on any atom is -0.486 e. The summed E-state index contributed by atoms with van der Waals surface area (Å²) in [7, 11) is -2.11. The van der Waals surface area contributed by atoms with Crippen molar-refractivity contribution in [3.05, 3.63) is 42.0 Å². The molecule has 0 unspecified atom stereocenters.